The van der Waals surface area contributed by atoms with Gasteiger partial charge in [0.15, 0.2) is 5.82 Å². The van der Waals surface area contributed by atoms with Gasteiger partial charge in [0.05, 0.1) is 25.1 Å². The number of nitrogens with zero attached hydrogens (tertiary/aromatic N) is 3. The smallest absolute Gasteiger partial charge is 0.234 e. The predicted octanol–water partition coefficient (Wildman–Crippen LogP) is 3.28. The van der Waals surface area contributed by atoms with Crippen LogP contribution in [0.1, 0.15) is 52.9 Å². The SMILES string of the molecule is CC(C)COc1cncc(N2CCC[C@@H]2[C@@H]2C[C@H](C)CC[C@H]2O)n1. The van der Waals surface area contributed by atoms with Gasteiger partial charge in [-0.2, -0.15) is 4.98 Å². The Bertz CT molecular complexity index is 537. The molecule has 0 amide bonds. The molecule has 1 N–H and O–H groups in total. The first kappa shape index (κ1) is 17.5. The van der Waals surface area contributed by atoms with Gasteiger partial charge in [-0.3, -0.25) is 4.98 Å². The third kappa shape index (κ3) is 4.00. The first-order valence-electron chi connectivity index (χ1n) is 9.44. The molecule has 0 bridgehead atoms. The van der Waals surface area contributed by atoms with Crippen molar-refractivity contribution in [2.24, 2.45) is 17.8 Å². The molecule has 1 aromatic rings. The number of aliphatic hydroxyl groups excluding tert-OH is 1. The summed E-state index contributed by atoms with van der Waals surface area (Å²) in [7, 11) is 0. The molecular formula is C19H31N3O2. The molecule has 134 valence electrons. The van der Waals surface area contributed by atoms with E-state index in [4.69, 9.17) is 4.74 Å². The van der Waals surface area contributed by atoms with E-state index in [2.05, 4.69) is 35.6 Å². The minimum absolute atomic E-state index is 0.180. The Morgan fingerprint density at radius 3 is 2.92 bits per heavy atom. The second kappa shape index (κ2) is 7.68. The minimum Gasteiger partial charge on any atom is -0.476 e. The van der Waals surface area contributed by atoms with Crippen molar-refractivity contribution in [1.82, 2.24) is 9.97 Å². The fourth-order valence-corrected chi connectivity index (χ4v) is 4.14. The normalized spacial score (nSPS) is 30.8. The van der Waals surface area contributed by atoms with E-state index in [1.807, 2.05) is 6.20 Å². The van der Waals surface area contributed by atoms with Crippen molar-refractivity contribution in [2.75, 3.05) is 18.1 Å². The molecule has 2 fully saturated rings. The molecule has 0 aromatic carbocycles. The van der Waals surface area contributed by atoms with E-state index in [9.17, 15) is 5.11 Å². The molecule has 0 radical (unpaired) electrons. The van der Waals surface area contributed by atoms with Gasteiger partial charge >= 0.3 is 0 Å². The van der Waals surface area contributed by atoms with E-state index in [0.717, 1.165) is 44.5 Å². The Morgan fingerprint density at radius 1 is 1.29 bits per heavy atom. The average Bonchev–Trinajstić information content (AvgIpc) is 3.05. The molecule has 1 saturated heterocycles. The van der Waals surface area contributed by atoms with Crippen molar-refractivity contribution >= 4 is 5.82 Å². The summed E-state index contributed by atoms with van der Waals surface area (Å²) in [6.45, 7) is 8.20. The molecule has 5 heteroatoms. The zero-order valence-corrected chi connectivity index (χ0v) is 15.2. The Morgan fingerprint density at radius 2 is 2.12 bits per heavy atom. The van der Waals surface area contributed by atoms with Gasteiger partial charge in [-0.05, 0) is 43.9 Å². The summed E-state index contributed by atoms with van der Waals surface area (Å²) in [6, 6.07) is 0.373. The second-order valence-electron chi connectivity index (χ2n) is 7.97. The van der Waals surface area contributed by atoms with E-state index in [0.29, 0.717) is 36.3 Å². The van der Waals surface area contributed by atoms with Crippen molar-refractivity contribution in [2.45, 2.75) is 65.0 Å². The Kier molecular flexibility index (Phi) is 5.59. The molecule has 3 rings (SSSR count). The second-order valence-corrected chi connectivity index (χ2v) is 7.97. The molecule has 0 spiro atoms. The molecule has 0 unspecified atom stereocenters. The highest BCUT2D eigenvalue weighted by molar-refractivity contribution is 5.41. The van der Waals surface area contributed by atoms with Gasteiger partial charge in [-0.15, -0.1) is 0 Å². The van der Waals surface area contributed by atoms with Crippen LogP contribution in [0.3, 0.4) is 0 Å². The van der Waals surface area contributed by atoms with E-state index < -0.39 is 0 Å². The summed E-state index contributed by atoms with van der Waals surface area (Å²) in [6.07, 6.45) is 8.81. The van der Waals surface area contributed by atoms with Crippen LogP contribution < -0.4 is 9.64 Å². The maximum atomic E-state index is 10.5. The third-order valence-electron chi connectivity index (χ3n) is 5.38. The van der Waals surface area contributed by atoms with E-state index in [-0.39, 0.29) is 6.10 Å². The summed E-state index contributed by atoms with van der Waals surface area (Å²) in [5.41, 5.74) is 0. The lowest BCUT2D eigenvalue weighted by Gasteiger charge is -2.39. The number of hydrogen-bond acceptors (Lipinski definition) is 5. The van der Waals surface area contributed by atoms with E-state index in [1.165, 1.54) is 0 Å². The van der Waals surface area contributed by atoms with E-state index >= 15 is 0 Å². The summed E-state index contributed by atoms with van der Waals surface area (Å²) in [5.74, 6) is 3.01. The quantitative estimate of drug-likeness (QED) is 0.896. The lowest BCUT2D eigenvalue weighted by atomic mass is 9.76. The number of aromatic nitrogens is 2. The average molecular weight is 333 g/mol. The van der Waals surface area contributed by atoms with Crippen LogP contribution in [-0.2, 0) is 0 Å². The van der Waals surface area contributed by atoms with Crippen LogP contribution in [0, 0.1) is 17.8 Å². The molecule has 1 aliphatic heterocycles. The maximum Gasteiger partial charge on any atom is 0.234 e. The fraction of sp³-hybridized carbons (Fsp3) is 0.789. The first-order valence-corrected chi connectivity index (χ1v) is 9.44. The largest absolute Gasteiger partial charge is 0.476 e. The molecule has 1 saturated carbocycles. The Balaban J connectivity index is 1.74. The summed E-state index contributed by atoms with van der Waals surface area (Å²) in [4.78, 5) is 11.4. The third-order valence-corrected chi connectivity index (χ3v) is 5.38. The van der Waals surface area contributed by atoms with Gasteiger partial charge in [0.1, 0.15) is 0 Å². The summed E-state index contributed by atoms with van der Waals surface area (Å²) in [5, 5.41) is 10.5. The molecule has 2 heterocycles. The van der Waals surface area contributed by atoms with Crippen LogP contribution in [0.2, 0.25) is 0 Å². The zero-order valence-electron chi connectivity index (χ0n) is 15.2. The standard InChI is InChI=1S/C19H31N3O2/c1-13(2)12-24-19-11-20-10-18(21-19)22-8-4-5-16(22)15-9-14(3)6-7-17(15)23/h10-11,13-17,23H,4-9,12H2,1-3H3/t14-,15+,16-,17-/m1/s1. The van der Waals surface area contributed by atoms with Gasteiger partial charge in [-0.25, -0.2) is 0 Å². The summed E-state index contributed by atoms with van der Waals surface area (Å²) < 4.78 is 5.74. The van der Waals surface area contributed by atoms with Crippen molar-refractivity contribution in [3.05, 3.63) is 12.4 Å². The highest BCUT2D eigenvalue weighted by Gasteiger charge is 2.39. The predicted molar refractivity (Wildman–Crippen MR) is 95.2 cm³/mol. The van der Waals surface area contributed by atoms with Crippen LogP contribution >= 0.6 is 0 Å². The van der Waals surface area contributed by atoms with Crippen LogP contribution in [0.15, 0.2) is 12.4 Å². The maximum absolute atomic E-state index is 10.5. The van der Waals surface area contributed by atoms with Crippen LogP contribution in [0.5, 0.6) is 5.88 Å². The lowest BCUT2D eigenvalue weighted by molar-refractivity contribution is 0.0389. The fourth-order valence-electron chi connectivity index (χ4n) is 4.14. The van der Waals surface area contributed by atoms with Crippen molar-refractivity contribution in [3.63, 3.8) is 0 Å². The minimum atomic E-state index is -0.180. The topological polar surface area (TPSA) is 58.5 Å². The van der Waals surface area contributed by atoms with Gasteiger partial charge < -0.3 is 14.7 Å². The molecular weight excluding hydrogens is 302 g/mol. The molecule has 2 aliphatic rings. The van der Waals surface area contributed by atoms with E-state index in [1.54, 1.807) is 6.20 Å². The van der Waals surface area contributed by atoms with Crippen molar-refractivity contribution in [1.29, 1.82) is 0 Å². The number of hydrogen-bond donors (Lipinski definition) is 1. The molecule has 1 aliphatic carbocycles. The van der Waals surface area contributed by atoms with Gasteiger partial charge in [-0.1, -0.05) is 20.8 Å². The van der Waals surface area contributed by atoms with Gasteiger partial charge in [0, 0.05) is 18.5 Å². The number of rotatable bonds is 5. The van der Waals surface area contributed by atoms with Crippen LogP contribution in [0.25, 0.3) is 0 Å². The number of aliphatic hydroxyl groups is 1. The molecule has 24 heavy (non-hydrogen) atoms. The summed E-state index contributed by atoms with van der Waals surface area (Å²) >= 11 is 0. The highest BCUT2D eigenvalue weighted by atomic mass is 16.5. The van der Waals surface area contributed by atoms with Crippen molar-refractivity contribution in [3.8, 4) is 5.88 Å². The first-order chi connectivity index (χ1) is 11.5. The monoisotopic (exact) mass is 333 g/mol. The number of anilines is 1. The van der Waals surface area contributed by atoms with Gasteiger partial charge in [0.2, 0.25) is 5.88 Å². The Labute approximate surface area is 145 Å². The molecule has 1 aromatic heterocycles. The Hall–Kier alpha value is -1.36. The highest BCUT2D eigenvalue weighted by Crippen LogP contribution is 2.38. The number of ether oxygens (including phenoxy) is 1. The van der Waals surface area contributed by atoms with Crippen molar-refractivity contribution < 1.29 is 9.84 Å². The van der Waals surface area contributed by atoms with Crippen LogP contribution in [0.4, 0.5) is 5.82 Å². The van der Waals surface area contributed by atoms with Crippen LogP contribution in [-0.4, -0.2) is 40.4 Å². The van der Waals surface area contributed by atoms with Gasteiger partial charge in [0.25, 0.3) is 0 Å². The lowest BCUT2D eigenvalue weighted by Crippen LogP contribution is -2.44. The zero-order chi connectivity index (χ0) is 17.1. The molecule has 4 atom stereocenters. The molecule has 5 nitrogen and oxygen atoms in total.